The Labute approximate surface area is 162 Å². The van der Waals surface area contributed by atoms with E-state index < -0.39 is 35.4 Å². The lowest BCUT2D eigenvalue weighted by atomic mass is 9.87. The molecule has 2 heterocycles. The molecule has 1 aliphatic heterocycles. The molecule has 0 saturated carbocycles. The molecule has 2 atom stereocenters. The number of benzene rings is 1. The van der Waals surface area contributed by atoms with E-state index in [4.69, 9.17) is 18.6 Å². The van der Waals surface area contributed by atoms with Gasteiger partial charge in [-0.15, -0.1) is 0 Å². The predicted molar refractivity (Wildman–Crippen MR) is 101 cm³/mol. The Hall–Kier alpha value is -2.83. The van der Waals surface area contributed by atoms with E-state index in [1.807, 2.05) is 13.8 Å². The van der Waals surface area contributed by atoms with Gasteiger partial charge in [0, 0.05) is 24.8 Å². The summed E-state index contributed by atoms with van der Waals surface area (Å²) >= 11 is 0. The monoisotopic (exact) mass is 388 g/mol. The summed E-state index contributed by atoms with van der Waals surface area (Å²) in [6.45, 7) is 8.58. The van der Waals surface area contributed by atoms with Crippen LogP contribution < -0.4 is 10.4 Å². The van der Waals surface area contributed by atoms with Crippen LogP contribution in [0.15, 0.2) is 33.5 Å². The van der Waals surface area contributed by atoms with Crippen LogP contribution in [0.25, 0.3) is 11.0 Å². The maximum absolute atomic E-state index is 12.5. The quantitative estimate of drug-likeness (QED) is 0.584. The van der Waals surface area contributed by atoms with Crippen molar-refractivity contribution in [1.82, 2.24) is 0 Å². The number of fused-ring (bicyclic) bond motifs is 3. The van der Waals surface area contributed by atoms with Gasteiger partial charge in [-0.3, -0.25) is 9.59 Å². The molecule has 0 saturated heterocycles. The van der Waals surface area contributed by atoms with Crippen LogP contribution in [-0.4, -0.2) is 23.6 Å². The Kier molecular flexibility index (Phi) is 5.19. The number of esters is 2. The van der Waals surface area contributed by atoms with Crippen molar-refractivity contribution in [2.75, 3.05) is 0 Å². The third-order valence-corrected chi connectivity index (χ3v) is 4.53. The number of ether oxygens (including phenoxy) is 3. The van der Waals surface area contributed by atoms with Gasteiger partial charge in [0.1, 0.15) is 16.9 Å². The van der Waals surface area contributed by atoms with Gasteiger partial charge in [0.25, 0.3) is 0 Å². The molecule has 28 heavy (non-hydrogen) atoms. The normalized spacial score (nSPS) is 20.4. The molecule has 0 fully saturated rings. The first-order chi connectivity index (χ1) is 13.1. The second-order valence-electron chi connectivity index (χ2n) is 7.89. The zero-order chi connectivity index (χ0) is 20.6. The van der Waals surface area contributed by atoms with Gasteiger partial charge in [-0.25, -0.2) is 4.79 Å². The van der Waals surface area contributed by atoms with Crippen LogP contribution in [0.4, 0.5) is 0 Å². The van der Waals surface area contributed by atoms with Gasteiger partial charge in [-0.2, -0.15) is 0 Å². The van der Waals surface area contributed by atoms with E-state index in [-0.39, 0.29) is 17.9 Å². The second-order valence-corrected chi connectivity index (χ2v) is 7.89. The molecule has 0 amide bonds. The maximum Gasteiger partial charge on any atom is 0.336 e. The number of rotatable bonds is 4. The van der Waals surface area contributed by atoms with E-state index in [1.165, 1.54) is 13.0 Å². The summed E-state index contributed by atoms with van der Waals surface area (Å²) in [4.78, 5) is 36.1. The molecular weight excluding hydrogens is 364 g/mol. The summed E-state index contributed by atoms with van der Waals surface area (Å²) in [7, 11) is 0. The van der Waals surface area contributed by atoms with Crippen molar-refractivity contribution in [2.45, 2.75) is 58.8 Å². The molecule has 0 spiro atoms. The van der Waals surface area contributed by atoms with Crippen molar-refractivity contribution in [2.24, 2.45) is 5.92 Å². The van der Waals surface area contributed by atoms with E-state index in [0.717, 1.165) is 0 Å². The molecule has 0 radical (unpaired) electrons. The van der Waals surface area contributed by atoms with Crippen molar-refractivity contribution in [1.29, 1.82) is 0 Å². The lowest BCUT2D eigenvalue weighted by molar-refractivity contribution is -0.189. The van der Waals surface area contributed by atoms with E-state index in [9.17, 15) is 14.4 Å². The number of carbonyl (C=O) groups is 2. The topological polar surface area (TPSA) is 92.0 Å². The van der Waals surface area contributed by atoms with Crippen molar-refractivity contribution in [3.63, 3.8) is 0 Å². The van der Waals surface area contributed by atoms with Gasteiger partial charge in [0.2, 0.25) is 0 Å². The summed E-state index contributed by atoms with van der Waals surface area (Å²) in [5.74, 6) is -0.456. The van der Waals surface area contributed by atoms with Gasteiger partial charge in [-0.1, -0.05) is 13.8 Å². The first kappa shape index (κ1) is 19.9. The summed E-state index contributed by atoms with van der Waals surface area (Å²) in [6, 6.07) is 6.42. The van der Waals surface area contributed by atoms with Gasteiger partial charge in [-0.05, 0) is 38.0 Å². The summed E-state index contributed by atoms with van der Waals surface area (Å²) < 4.78 is 22.7. The Bertz CT molecular complexity index is 970. The average Bonchev–Trinajstić information content (AvgIpc) is 2.56. The molecule has 0 bridgehead atoms. The van der Waals surface area contributed by atoms with E-state index in [1.54, 1.807) is 32.0 Å². The summed E-state index contributed by atoms with van der Waals surface area (Å²) in [6.07, 6.45) is -1.68. The Morgan fingerprint density at radius 2 is 1.82 bits per heavy atom. The highest BCUT2D eigenvalue weighted by molar-refractivity contribution is 5.83. The van der Waals surface area contributed by atoms with Crippen molar-refractivity contribution < 1.29 is 28.2 Å². The number of hydrogen-bond donors (Lipinski definition) is 0. The van der Waals surface area contributed by atoms with E-state index in [0.29, 0.717) is 16.7 Å². The first-order valence-electron chi connectivity index (χ1n) is 9.21. The molecule has 0 unspecified atom stereocenters. The molecule has 1 aromatic heterocycles. The van der Waals surface area contributed by atoms with Crippen LogP contribution in [0.5, 0.6) is 5.75 Å². The fourth-order valence-corrected chi connectivity index (χ4v) is 3.38. The van der Waals surface area contributed by atoms with Gasteiger partial charge < -0.3 is 18.6 Å². The van der Waals surface area contributed by atoms with Crippen molar-refractivity contribution in [3.05, 3.63) is 40.2 Å². The molecular formula is C21H24O7. The van der Waals surface area contributed by atoms with Crippen LogP contribution in [-0.2, 0) is 19.1 Å². The molecule has 3 rings (SSSR count). The van der Waals surface area contributed by atoms with Crippen LogP contribution in [0.2, 0.25) is 0 Å². The second kappa shape index (κ2) is 7.30. The molecule has 0 aliphatic carbocycles. The van der Waals surface area contributed by atoms with Crippen molar-refractivity contribution >= 4 is 22.9 Å². The van der Waals surface area contributed by atoms with Crippen molar-refractivity contribution in [3.8, 4) is 5.75 Å². The van der Waals surface area contributed by atoms with E-state index in [2.05, 4.69) is 0 Å². The maximum atomic E-state index is 12.5. The highest BCUT2D eigenvalue weighted by atomic mass is 16.6. The molecule has 1 aliphatic rings. The highest BCUT2D eigenvalue weighted by Gasteiger charge is 2.49. The van der Waals surface area contributed by atoms with Gasteiger partial charge >= 0.3 is 17.6 Å². The van der Waals surface area contributed by atoms with Crippen LogP contribution in [0.3, 0.4) is 0 Å². The third-order valence-electron chi connectivity index (χ3n) is 4.53. The fourth-order valence-electron chi connectivity index (χ4n) is 3.38. The molecule has 2 aromatic rings. The first-order valence-corrected chi connectivity index (χ1v) is 9.21. The number of hydrogen-bond acceptors (Lipinski definition) is 7. The summed E-state index contributed by atoms with van der Waals surface area (Å²) in [5, 5.41) is 0.646. The molecule has 150 valence electrons. The number of carbonyl (C=O) groups excluding carboxylic acids is 2. The minimum Gasteiger partial charge on any atom is -0.483 e. The lowest BCUT2D eigenvalue weighted by Crippen LogP contribution is -2.52. The summed E-state index contributed by atoms with van der Waals surface area (Å²) in [5.41, 5.74) is -0.871. The largest absolute Gasteiger partial charge is 0.483 e. The van der Waals surface area contributed by atoms with Gasteiger partial charge in [0.05, 0.1) is 5.56 Å². The smallest absolute Gasteiger partial charge is 0.336 e. The Morgan fingerprint density at radius 3 is 2.46 bits per heavy atom. The average molecular weight is 388 g/mol. The molecule has 7 nitrogen and oxygen atoms in total. The highest BCUT2D eigenvalue weighted by Crippen LogP contribution is 2.46. The molecule has 1 aromatic carbocycles. The third kappa shape index (κ3) is 3.88. The Balaban J connectivity index is 2.20. The molecule has 7 heteroatoms. The predicted octanol–water partition coefficient (Wildman–Crippen LogP) is 3.53. The molecule has 0 N–H and O–H groups in total. The minimum absolute atomic E-state index is 0.0949. The Morgan fingerprint density at radius 1 is 1.14 bits per heavy atom. The van der Waals surface area contributed by atoms with Crippen LogP contribution in [0, 0.1) is 5.92 Å². The zero-order valence-electron chi connectivity index (χ0n) is 16.6. The van der Waals surface area contributed by atoms with Crippen LogP contribution in [0.1, 0.15) is 52.7 Å². The fraction of sp³-hybridized carbons (Fsp3) is 0.476. The SMILES string of the molecule is CC(=O)O[C@H]1[C@H](OC(=O)CC(C)C)c2c(ccc3ccc(=O)oc23)OC1(C)C. The van der Waals surface area contributed by atoms with Gasteiger partial charge in [0.15, 0.2) is 12.2 Å². The standard InChI is InChI=1S/C21H24O7/c1-11(2)10-16(24)27-19-17-14(28-21(4,5)20(19)25-12(3)22)8-6-13-7-9-15(23)26-18(13)17/h6-9,11,19-20H,10H2,1-5H3/t19-,20+/m1/s1. The van der Waals surface area contributed by atoms with Crippen LogP contribution >= 0.6 is 0 Å². The lowest BCUT2D eigenvalue weighted by Gasteiger charge is -2.43. The van der Waals surface area contributed by atoms with E-state index >= 15 is 0 Å². The zero-order valence-corrected chi connectivity index (χ0v) is 16.6. The minimum atomic E-state index is -0.969.